The summed E-state index contributed by atoms with van der Waals surface area (Å²) in [6.45, 7) is 7.36. The Balaban J connectivity index is 1.52. The number of rotatable bonds is 6. The van der Waals surface area contributed by atoms with E-state index in [0.717, 1.165) is 45.0 Å². The van der Waals surface area contributed by atoms with E-state index in [0.29, 0.717) is 5.41 Å². The number of likely N-dealkylation sites (tertiary alicyclic amines) is 1. The second-order valence-electron chi connectivity index (χ2n) is 8.08. The van der Waals surface area contributed by atoms with Crippen molar-refractivity contribution in [2.24, 2.45) is 10.4 Å². The SMILES string of the molecule is CCNC(=NCCCCn1cnnc1)N1CCCC2(CCCCCC2)C1. The van der Waals surface area contributed by atoms with Gasteiger partial charge in [0.2, 0.25) is 0 Å². The van der Waals surface area contributed by atoms with Gasteiger partial charge in [-0.2, -0.15) is 0 Å². The van der Waals surface area contributed by atoms with Crippen LogP contribution in [0.15, 0.2) is 17.6 Å². The van der Waals surface area contributed by atoms with E-state index in [2.05, 4.69) is 27.3 Å². The van der Waals surface area contributed by atoms with Crippen molar-refractivity contribution in [3.8, 4) is 0 Å². The highest BCUT2D eigenvalue weighted by molar-refractivity contribution is 5.80. The molecule has 0 radical (unpaired) electrons. The average molecular weight is 361 g/mol. The van der Waals surface area contributed by atoms with Crippen LogP contribution in [0.5, 0.6) is 0 Å². The summed E-state index contributed by atoms with van der Waals surface area (Å²) in [6, 6.07) is 0. The van der Waals surface area contributed by atoms with E-state index in [-0.39, 0.29) is 0 Å². The zero-order valence-electron chi connectivity index (χ0n) is 16.5. The fourth-order valence-electron chi connectivity index (χ4n) is 4.63. The Morgan fingerprint density at radius 2 is 1.77 bits per heavy atom. The van der Waals surface area contributed by atoms with Gasteiger partial charge in [-0.05, 0) is 50.9 Å². The van der Waals surface area contributed by atoms with Crippen LogP contribution >= 0.6 is 0 Å². The van der Waals surface area contributed by atoms with Crippen LogP contribution in [0.1, 0.15) is 71.1 Å². The van der Waals surface area contributed by atoms with Gasteiger partial charge >= 0.3 is 0 Å². The van der Waals surface area contributed by atoms with E-state index in [4.69, 9.17) is 4.99 Å². The van der Waals surface area contributed by atoms with Crippen molar-refractivity contribution >= 4 is 5.96 Å². The van der Waals surface area contributed by atoms with Crippen LogP contribution in [0.4, 0.5) is 0 Å². The lowest BCUT2D eigenvalue weighted by Gasteiger charge is -2.44. The van der Waals surface area contributed by atoms with Gasteiger partial charge in [-0.15, -0.1) is 10.2 Å². The minimum atomic E-state index is 0.555. The molecule has 2 fully saturated rings. The average Bonchev–Trinajstić information content (AvgIpc) is 3.08. The lowest BCUT2D eigenvalue weighted by Crippen LogP contribution is -2.50. The molecular formula is C20H36N6. The third-order valence-electron chi connectivity index (χ3n) is 6.01. The van der Waals surface area contributed by atoms with Gasteiger partial charge in [-0.1, -0.05) is 25.7 Å². The summed E-state index contributed by atoms with van der Waals surface area (Å²) in [5, 5.41) is 11.2. The van der Waals surface area contributed by atoms with Crippen LogP contribution < -0.4 is 5.32 Å². The van der Waals surface area contributed by atoms with Gasteiger partial charge in [0, 0.05) is 32.7 Å². The number of piperidine rings is 1. The Labute approximate surface area is 158 Å². The molecule has 2 aliphatic rings. The molecule has 1 saturated heterocycles. The molecular weight excluding hydrogens is 324 g/mol. The molecule has 0 bridgehead atoms. The summed E-state index contributed by atoms with van der Waals surface area (Å²) in [4.78, 5) is 7.50. The molecule has 1 N–H and O–H groups in total. The highest BCUT2D eigenvalue weighted by Crippen LogP contribution is 2.42. The molecule has 0 amide bonds. The highest BCUT2D eigenvalue weighted by Gasteiger charge is 2.36. The molecule has 26 heavy (non-hydrogen) atoms. The molecule has 1 aliphatic heterocycles. The number of nitrogens with zero attached hydrogens (tertiary/aromatic N) is 5. The molecule has 1 aromatic heterocycles. The smallest absolute Gasteiger partial charge is 0.193 e. The van der Waals surface area contributed by atoms with Crippen LogP contribution in [0.2, 0.25) is 0 Å². The molecule has 0 unspecified atom stereocenters. The summed E-state index contributed by atoms with van der Waals surface area (Å²) in [5.74, 6) is 1.14. The van der Waals surface area contributed by atoms with Crippen LogP contribution in [0.3, 0.4) is 0 Å². The Bertz CT molecular complexity index is 531. The van der Waals surface area contributed by atoms with Crippen molar-refractivity contribution in [3.63, 3.8) is 0 Å². The maximum Gasteiger partial charge on any atom is 0.193 e. The van der Waals surface area contributed by atoms with Crippen LogP contribution in [-0.4, -0.2) is 51.8 Å². The first-order chi connectivity index (χ1) is 12.8. The van der Waals surface area contributed by atoms with Crippen molar-refractivity contribution in [2.45, 2.75) is 77.7 Å². The predicted octanol–water partition coefficient (Wildman–Crippen LogP) is 3.46. The van der Waals surface area contributed by atoms with Crippen molar-refractivity contribution in [3.05, 3.63) is 12.7 Å². The van der Waals surface area contributed by atoms with Gasteiger partial charge in [-0.3, -0.25) is 4.99 Å². The van der Waals surface area contributed by atoms with E-state index in [1.807, 2.05) is 4.57 Å². The molecule has 146 valence electrons. The van der Waals surface area contributed by atoms with Gasteiger partial charge in [0.1, 0.15) is 12.7 Å². The third-order valence-corrected chi connectivity index (χ3v) is 6.01. The summed E-state index contributed by atoms with van der Waals surface area (Å²) < 4.78 is 2.04. The number of guanidine groups is 1. The Kier molecular flexibility index (Phi) is 7.32. The lowest BCUT2D eigenvalue weighted by atomic mass is 9.74. The molecule has 1 aliphatic carbocycles. The Morgan fingerprint density at radius 3 is 2.50 bits per heavy atom. The number of hydrogen-bond acceptors (Lipinski definition) is 3. The van der Waals surface area contributed by atoms with E-state index in [1.165, 1.54) is 57.9 Å². The number of hydrogen-bond donors (Lipinski definition) is 1. The molecule has 0 aromatic carbocycles. The first-order valence-corrected chi connectivity index (χ1v) is 10.7. The van der Waals surface area contributed by atoms with Gasteiger partial charge in [0.25, 0.3) is 0 Å². The molecule has 0 atom stereocenters. The van der Waals surface area contributed by atoms with Crippen molar-refractivity contribution in [1.29, 1.82) is 0 Å². The lowest BCUT2D eigenvalue weighted by molar-refractivity contribution is 0.115. The predicted molar refractivity (Wildman–Crippen MR) is 106 cm³/mol. The second-order valence-corrected chi connectivity index (χ2v) is 8.08. The van der Waals surface area contributed by atoms with E-state index in [1.54, 1.807) is 12.7 Å². The maximum absolute atomic E-state index is 4.95. The Morgan fingerprint density at radius 1 is 1.04 bits per heavy atom. The monoisotopic (exact) mass is 360 g/mol. The quantitative estimate of drug-likeness (QED) is 0.479. The third kappa shape index (κ3) is 5.45. The number of nitrogens with one attached hydrogen (secondary N) is 1. The normalized spacial score (nSPS) is 21.0. The number of aliphatic imine (C=N–C) groups is 1. The van der Waals surface area contributed by atoms with Gasteiger partial charge < -0.3 is 14.8 Å². The summed E-state index contributed by atoms with van der Waals surface area (Å²) >= 11 is 0. The van der Waals surface area contributed by atoms with Gasteiger partial charge in [0.15, 0.2) is 5.96 Å². The minimum Gasteiger partial charge on any atom is -0.357 e. The van der Waals surface area contributed by atoms with Crippen LogP contribution in [0.25, 0.3) is 0 Å². The fourth-order valence-corrected chi connectivity index (χ4v) is 4.63. The minimum absolute atomic E-state index is 0.555. The van der Waals surface area contributed by atoms with Crippen molar-refractivity contribution in [1.82, 2.24) is 25.0 Å². The highest BCUT2D eigenvalue weighted by atomic mass is 15.3. The topological polar surface area (TPSA) is 58.3 Å². The van der Waals surface area contributed by atoms with Gasteiger partial charge in [-0.25, -0.2) is 0 Å². The standard InChI is InChI=1S/C20H36N6/c1-2-21-19(22-13-7-8-14-25-17-23-24-18-25)26-15-9-12-20(16-26)10-5-3-4-6-11-20/h17-18H,2-16H2,1H3,(H,21,22). The number of unbranched alkanes of at least 4 members (excludes halogenated alkanes) is 1. The van der Waals surface area contributed by atoms with Gasteiger partial charge in [0.05, 0.1) is 0 Å². The molecule has 2 heterocycles. The van der Waals surface area contributed by atoms with Crippen molar-refractivity contribution in [2.75, 3.05) is 26.2 Å². The second kappa shape index (κ2) is 9.93. The molecule has 1 spiro atoms. The summed E-state index contributed by atoms with van der Waals surface area (Å²) in [6.07, 6.45) is 17.1. The molecule has 1 saturated carbocycles. The zero-order chi connectivity index (χ0) is 18.1. The number of aromatic nitrogens is 3. The summed E-state index contributed by atoms with van der Waals surface area (Å²) in [5.41, 5.74) is 0.555. The van der Waals surface area contributed by atoms with Crippen LogP contribution in [-0.2, 0) is 6.54 Å². The molecule has 6 heteroatoms. The first-order valence-electron chi connectivity index (χ1n) is 10.7. The fraction of sp³-hybridized carbons (Fsp3) is 0.850. The number of aryl methyl sites for hydroxylation is 1. The maximum atomic E-state index is 4.95. The zero-order valence-corrected chi connectivity index (χ0v) is 16.5. The van der Waals surface area contributed by atoms with Crippen molar-refractivity contribution < 1.29 is 0 Å². The summed E-state index contributed by atoms with van der Waals surface area (Å²) in [7, 11) is 0. The largest absolute Gasteiger partial charge is 0.357 e. The van der Waals surface area contributed by atoms with E-state index < -0.39 is 0 Å². The van der Waals surface area contributed by atoms with E-state index in [9.17, 15) is 0 Å². The van der Waals surface area contributed by atoms with Crippen LogP contribution in [0, 0.1) is 5.41 Å². The molecule has 3 rings (SSSR count). The Hall–Kier alpha value is -1.59. The molecule has 1 aromatic rings. The molecule has 6 nitrogen and oxygen atoms in total. The van der Waals surface area contributed by atoms with E-state index >= 15 is 0 Å². The first kappa shape index (κ1) is 19.2.